The van der Waals surface area contributed by atoms with Crippen LogP contribution in [0.15, 0.2) is 59.6 Å². The molecule has 0 saturated carbocycles. The minimum Gasteiger partial charge on any atom is -0.358 e. The number of aromatic nitrogens is 2. The molecule has 1 N–H and O–H groups in total. The van der Waals surface area contributed by atoms with Gasteiger partial charge in [0.1, 0.15) is 10.7 Å². The van der Waals surface area contributed by atoms with Crippen LogP contribution in [0.25, 0.3) is 22.0 Å². The molecule has 0 unspecified atom stereocenters. The highest BCUT2D eigenvalue weighted by molar-refractivity contribution is 8.00. The smallest absolute Gasteiger partial charge is 0.233 e. The highest BCUT2D eigenvalue weighted by Gasteiger charge is 2.17. The second-order valence-corrected chi connectivity index (χ2v) is 6.47. The van der Waals surface area contributed by atoms with Crippen LogP contribution in [-0.4, -0.2) is 28.4 Å². The van der Waals surface area contributed by atoms with E-state index in [1.54, 1.807) is 7.05 Å². The van der Waals surface area contributed by atoms with E-state index < -0.39 is 0 Å². The predicted octanol–water partition coefficient (Wildman–Crippen LogP) is 3.52. The number of benzene rings is 2. The molecule has 116 valence electrons. The monoisotopic (exact) mass is 323 g/mol. The first-order valence-electron chi connectivity index (χ1n) is 7.40. The summed E-state index contributed by atoms with van der Waals surface area (Å²) >= 11 is 1.42. The van der Waals surface area contributed by atoms with Crippen LogP contribution in [0.1, 0.15) is 6.92 Å². The van der Waals surface area contributed by atoms with Crippen LogP contribution in [-0.2, 0) is 4.79 Å². The van der Waals surface area contributed by atoms with Gasteiger partial charge in [0, 0.05) is 23.4 Å². The summed E-state index contributed by atoms with van der Waals surface area (Å²) in [4.78, 5) is 11.8. The summed E-state index contributed by atoms with van der Waals surface area (Å²) in [5.41, 5.74) is 1.89. The Hall–Kier alpha value is -2.40. The maximum Gasteiger partial charge on any atom is 0.233 e. The minimum atomic E-state index is -0.222. The van der Waals surface area contributed by atoms with Gasteiger partial charge in [-0.2, -0.15) is 0 Å². The molecule has 1 aromatic heterocycles. The van der Waals surface area contributed by atoms with Crippen LogP contribution < -0.4 is 5.32 Å². The van der Waals surface area contributed by atoms with E-state index in [1.807, 2.05) is 61.5 Å². The van der Waals surface area contributed by atoms with Gasteiger partial charge >= 0.3 is 0 Å². The van der Waals surface area contributed by atoms with E-state index in [2.05, 4.69) is 15.5 Å². The molecule has 1 amide bonds. The molecule has 0 fully saturated rings. The van der Waals surface area contributed by atoms with Crippen molar-refractivity contribution in [3.05, 3.63) is 54.6 Å². The molecule has 5 heteroatoms. The van der Waals surface area contributed by atoms with E-state index in [0.717, 1.165) is 27.1 Å². The van der Waals surface area contributed by atoms with E-state index in [0.29, 0.717) is 0 Å². The van der Waals surface area contributed by atoms with Gasteiger partial charge in [0.25, 0.3) is 0 Å². The van der Waals surface area contributed by atoms with Gasteiger partial charge in [-0.25, -0.2) is 0 Å². The molecule has 2 aromatic carbocycles. The largest absolute Gasteiger partial charge is 0.358 e. The Kier molecular flexibility index (Phi) is 4.57. The van der Waals surface area contributed by atoms with Crippen molar-refractivity contribution in [3.8, 4) is 11.3 Å². The Morgan fingerprint density at radius 3 is 2.35 bits per heavy atom. The highest BCUT2D eigenvalue weighted by atomic mass is 32.2. The molecule has 3 rings (SSSR count). The van der Waals surface area contributed by atoms with Crippen LogP contribution in [0.4, 0.5) is 0 Å². The molecule has 1 atom stereocenters. The molecular formula is C18H17N3OS. The fraction of sp³-hybridized carbons (Fsp3) is 0.167. The molecule has 1 heterocycles. The molecular weight excluding hydrogens is 306 g/mol. The zero-order chi connectivity index (χ0) is 16.2. The first-order valence-corrected chi connectivity index (χ1v) is 8.27. The number of rotatable bonds is 4. The van der Waals surface area contributed by atoms with Crippen molar-refractivity contribution in [1.82, 2.24) is 15.5 Å². The Bertz CT molecular complexity index is 836. The quantitative estimate of drug-likeness (QED) is 0.746. The van der Waals surface area contributed by atoms with Crippen molar-refractivity contribution < 1.29 is 4.79 Å². The summed E-state index contributed by atoms with van der Waals surface area (Å²) < 4.78 is 0. The number of fused-ring (bicyclic) bond motifs is 1. The third-order valence-electron chi connectivity index (χ3n) is 3.60. The predicted molar refractivity (Wildman–Crippen MR) is 94.4 cm³/mol. The standard InChI is InChI=1S/C18H17N3OS/c1-12(17(22)19-2)23-18-15-11-7-6-10-14(15)16(20-21-18)13-8-4-3-5-9-13/h3-12H,1-2H3,(H,19,22)/t12-/m1/s1. The van der Waals surface area contributed by atoms with Crippen molar-refractivity contribution >= 4 is 28.4 Å². The molecule has 3 aromatic rings. The van der Waals surface area contributed by atoms with Crippen molar-refractivity contribution in [3.63, 3.8) is 0 Å². The summed E-state index contributed by atoms with van der Waals surface area (Å²) in [5.74, 6) is -0.0204. The average molecular weight is 323 g/mol. The first-order chi connectivity index (χ1) is 11.2. The van der Waals surface area contributed by atoms with Crippen LogP contribution in [0, 0.1) is 0 Å². The topological polar surface area (TPSA) is 54.9 Å². The second kappa shape index (κ2) is 6.79. The highest BCUT2D eigenvalue weighted by Crippen LogP contribution is 2.33. The molecule has 4 nitrogen and oxygen atoms in total. The number of amides is 1. The van der Waals surface area contributed by atoms with Crippen molar-refractivity contribution in [1.29, 1.82) is 0 Å². The summed E-state index contributed by atoms with van der Waals surface area (Å²) in [6.07, 6.45) is 0. The summed E-state index contributed by atoms with van der Waals surface area (Å²) in [6.45, 7) is 1.87. The summed E-state index contributed by atoms with van der Waals surface area (Å²) in [7, 11) is 1.64. The lowest BCUT2D eigenvalue weighted by Crippen LogP contribution is -2.27. The number of nitrogens with zero attached hydrogens (tertiary/aromatic N) is 2. The maximum absolute atomic E-state index is 11.8. The molecule has 0 aliphatic rings. The van der Waals surface area contributed by atoms with Crippen molar-refractivity contribution in [2.75, 3.05) is 7.05 Å². The average Bonchev–Trinajstić information content (AvgIpc) is 2.62. The van der Waals surface area contributed by atoms with Crippen LogP contribution in [0.2, 0.25) is 0 Å². The van der Waals surface area contributed by atoms with Crippen LogP contribution in [0.3, 0.4) is 0 Å². The minimum absolute atomic E-state index is 0.0204. The number of carbonyl (C=O) groups excluding carboxylic acids is 1. The Morgan fingerprint density at radius 1 is 1.00 bits per heavy atom. The third kappa shape index (κ3) is 3.19. The van der Waals surface area contributed by atoms with E-state index in [4.69, 9.17) is 0 Å². The maximum atomic E-state index is 11.8. The molecule has 23 heavy (non-hydrogen) atoms. The molecule has 0 aliphatic heterocycles. The SMILES string of the molecule is CNC(=O)[C@@H](C)Sc1nnc(-c2ccccc2)c2ccccc12. The van der Waals surface area contributed by atoms with Gasteiger partial charge in [0.05, 0.1) is 5.25 Å². The van der Waals surface area contributed by atoms with Gasteiger partial charge in [0.2, 0.25) is 5.91 Å². The van der Waals surface area contributed by atoms with Gasteiger partial charge in [0.15, 0.2) is 0 Å². The van der Waals surface area contributed by atoms with Gasteiger partial charge in [-0.15, -0.1) is 10.2 Å². The molecule has 0 bridgehead atoms. The summed E-state index contributed by atoms with van der Waals surface area (Å²) in [5, 5.41) is 14.1. The van der Waals surface area contributed by atoms with Crippen molar-refractivity contribution in [2.24, 2.45) is 0 Å². The normalized spacial score (nSPS) is 12.1. The summed E-state index contributed by atoms with van der Waals surface area (Å²) in [6, 6.07) is 18.0. The lowest BCUT2D eigenvalue weighted by atomic mass is 10.1. The number of nitrogens with one attached hydrogen (secondary N) is 1. The Balaban J connectivity index is 2.08. The Labute approximate surface area is 139 Å². The number of hydrogen-bond donors (Lipinski definition) is 1. The van der Waals surface area contributed by atoms with Gasteiger partial charge in [-0.3, -0.25) is 4.79 Å². The number of thioether (sulfide) groups is 1. The third-order valence-corrected chi connectivity index (χ3v) is 4.70. The van der Waals surface area contributed by atoms with E-state index in [-0.39, 0.29) is 11.2 Å². The van der Waals surface area contributed by atoms with E-state index >= 15 is 0 Å². The van der Waals surface area contributed by atoms with Gasteiger partial charge in [-0.05, 0) is 6.92 Å². The van der Waals surface area contributed by atoms with Crippen LogP contribution >= 0.6 is 11.8 Å². The van der Waals surface area contributed by atoms with E-state index in [1.165, 1.54) is 11.8 Å². The zero-order valence-electron chi connectivity index (χ0n) is 13.0. The molecule has 0 aliphatic carbocycles. The number of carbonyl (C=O) groups is 1. The van der Waals surface area contributed by atoms with Crippen molar-refractivity contribution in [2.45, 2.75) is 17.2 Å². The molecule has 0 radical (unpaired) electrons. The number of hydrogen-bond acceptors (Lipinski definition) is 4. The van der Waals surface area contributed by atoms with Gasteiger partial charge in [-0.1, -0.05) is 66.4 Å². The second-order valence-electron chi connectivity index (χ2n) is 5.14. The zero-order valence-corrected chi connectivity index (χ0v) is 13.8. The first kappa shape index (κ1) is 15.5. The van der Waals surface area contributed by atoms with E-state index in [9.17, 15) is 4.79 Å². The van der Waals surface area contributed by atoms with Gasteiger partial charge < -0.3 is 5.32 Å². The fourth-order valence-electron chi connectivity index (χ4n) is 2.40. The molecule has 0 spiro atoms. The Morgan fingerprint density at radius 2 is 1.65 bits per heavy atom. The van der Waals surface area contributed by atoms with Crippen LogP contribution in [0.5, 0.6) is 0 Å². The molecule has 0 saturated heterocycles. The fourth-order valence-corrected chi connectivity index (χ4v) is 3.35. The lowest BCUT2D eigenvalue weighted by Gasteiger charge is -2.12. The lowest BCUT2D eigenvalue weighted by molar-refractivity contribution is -0.119.